The van der Waals surface area contributed by atoms with E-state index in [0.29, 0.717) is 23.1 Å². The van der Waals surface area contributed by atoms with Crippen molar-refractivity contribution < 1.29 is 4.65 Å². The average Bonchev–Trinajstić information content (AvgIpc) is 2.46. The lowest BCUT2D eigenvalue weighted by Crippen LogP contribution is -2.34. The number of halogens is 2. The summed E-state index contributed by atoms with van der Waals surface area (Å²) in [5.74, 6) is 0.275. The summed E-state index contributed by atoms with van der Waals surface area (Å²) >= 11 is 11.9. The zero-order chi connectivity index (χ0) is 11.1. The van der Waals surface area contributed by atoms with Gasteiger partial charge in [0.2, 0.25) is 0 Å². The molecule has 1 aliphatic rings. The minimum atomic E-state index is -0.163. The van der Waals surface area contributed by atoms with Crippen LogP contribution in [-0.4, -0.2) is 24.8 Å². The molecule has 4 heteroatoms. The maximum absolute atomic E-state index is 11.7. The van der Waals surface area contributed by atoms with Gasteiger partial charge >= 0.3 is 0 Å². The Morgan fingerprint density at radius 1 is 1.40 bits per heavy atom. The molecule has 2 unspecified atom stereocenters. The van der Waals surface area contributed by atoms with Gasteiger partial charge < -0.3 is 9.85 Å². The predicted molar refractivity (Wildman–Crippen MR) is 63.1 cm³/mol. The largest absolute Gasteiger partial charge is 0.633 e. The lowest BCUT2D eigenvalue weighted by atomic mass is 9.98. The minimum absolute atomic E-state index is 0.163. The highest BCUT2D eigenvalue weighted by Gasteiger charge is 2.30. The molecule has 0 bridgehead atoms. The molecule has 0 N–H and O–H groups in total. The van der Waals surface area contributed by atoms with Crippen LogP contribution in [0.1, 0.15) is 17.9 Å². The molecule has 1 heterocycles. The van der Waals surface area contributed by atoms with Gasteiger partial charge in [-0.2, -0.15) is 0 Å². The fourth-order valence-electron chi connectivity index (χ4n) is 2.16. The van der Waals surface area contributed by atoms with Crippen LogP contribution < -0.4 is 0 Å². The van der Waals surface area contributed by atoms with E-state index < -0.39 is 0 Å². The van der Waals surface area contributed by atoms with Crippen molar-refractivity contribution in [2.75, 3.05) is 20.1 Å². The maximum Gasteiger partial charge on any atom is 0.0854 e. The van der Waals surface area contributed by atoms with Gasteiger partial charge in [0.05, 0.1) is 20.1 Å². The van der Waals surface area contributed by atoms with Crippen LogP contribution in [0, 0.1) is 5.21 Å². The lowest BCUT2D eigenvalue weighted by molar-refractivity contribution is -0.848. The first kappa shape index (κ1) is 11.2. The van der Waals surface area contributed by atoms with E-state index in [9.17, 15) is 5.21 Å². The van der Waals surface area contributed by atoms with Crippen LogP contribution in [0.15, 0.2) is 18.2 Å². The zero-order valence-corrected chi connectivity index (χ0v) is 10.1. The Hall–Kier alpha value is -0.280. The summed E-state index contributed by atoms with van der Waals surface area (Å²) in [4.78, 5) is 0. The van der Waals surface area contributed by atoms with E-state index in [-0.39, 0.29) is 10.6 Å². The van der Waals surface area contributed by atoms with Crippen molar-refractivity contribution in [2.45, 2.75) is 12.3 Å². The fraction of sp³-hybridized carbons (Fsp3) is 0.455. The Morgan fingerprint density at radius 3 is 2.67 bits per heavy atom. The van der Waals surface area contributed by atoms with Crippen molar-refractivity contribution in [3.63, 3.8) is 0 Å². The topological polar surface area (TPSA) is 23.1 Å². The summed E-state index contributed by atoms with van der Waals surface area (Å²) in [5.41, 5.74) is 1.05. The molecule has 1 saturated heterocycles. The molecule has 2 atom stereocenters. The van der Waals surface area contributed by atoms with Crippen molar-refractivity contribution in [2.24, 2.45) is 0 Å². The number of quaternary nitrogens is 1. The van der Waals surface area contributed by atoms with Crippen molar-refractivity contribution in [3.8, 4) is 0 Å². The van der Waals surface area contributed by atoms with E-state index in [1.165, 1.54) is 0 Å². The Kier molecular flexibility index (Phi) is 2.95. The SMILES string of the molecule is C[N+]1([O-])CCC(c2ccc(Cl)cc2Cl)C1. The number of likely N-dealkylation sites (tertiary alicyclic amines) is 1. The number of benzene rings is 1. The van der Waals surface area contributed by atoms with Gasteiger partial charge in [-0.3, -0.25) is 0 Å². The third kappa shape index (κ3) is 2.45. The maximum atomic E-state index is 11.7. The molecular formula is C11H13Cl2NO. The van der Waals surface area contributed by atoms with Crippen molar-refractivity contribution in [3.05, 3.63) is 39.0 Å². The normalized spacial score (nSPS) is 30.8. The second kappa shape index (κ2) is 3.95. The molecule has 1 fully saturated rings. The van der Waals surface area contributed by atoms with E-state index in [1.807, 2.05) is 12.1 Å². The van der Waals surface area contributed by atoms with E-state index in [1.54, 1.807) is 13.1 Å². The van der Waals surface area contributed by atoms with Gasteiger partial charge in [0.25, 0.3) is 0 Å². The molecule has 1 aromatic rings. The molecular weight excluding hydrogens is 233 g/mol. The van der Waals surface area contributed by atoms with Crippen LogP contribution in [0.3, 0.4) is 0 Å². The van der Waals surface area contributed by atoms with E-state index in [4.69, 9.17) is 23.2 Å². The molecule has 1 aliphatic heterocycles. The Labute approximate surface area is 99.6 Å². The average molecular weight is 246 g/mol. The highest BCUT2D eigenvalue weighted by Crippen LogP contribution is 2.35. The molecule has 15 heavy (non-hydrogen) atoms. The molecule has 1 aromatic carbocycles. The van der Waals surface area contributed by atoms with Crippen LogP contribution >= 0.6 is 23.2 Å². The second-order valence-corrected chi connectivity index (χ2v) is 5.20. The van der Waals surface area contributed by atoms with E-state index in [2.05, 4.69) is 0 Å². The van der Waals surface area contributed by atoms with Crippen LogP contribution in [-0.2, 0) is 0 Å². The van der Waals surface area contributed by atoms with Crippen molar-refractivity contribution in [1.29, 1.82) is 0 Å². The lowest BCUT2D eigenvalue weighted by Gasteiger charge is -2.33. The number of hydrogen-bond donors (Lipinski definition) is 0. The third-order valence-corrected chi connectivity index (χ3v) is 3.52. The number of nitrogens with zero attached hydrogens (tertiary/aromatic N) is 1. The molecule has 0 aliphatic carbocycles. The third-order valence-electron chi connectivity index (χ3n) is 2.96. The summed E-state index contributed by atoms with van der Waals surface area (Å²) in [6.45, 7) is 1.28. The van der Waals surface area contributed by atoms with E-state index >= 15 is 0 Å². The van der Waals surface area contributed by atoms with Gasteiger partial charge in [-0.1, -0.05) is 29.3 Å². The first-order chi connectivity index (χ1) is 6.98. The molecule has 2 nitrogen and oxygen atoms in total. The highest BCUT2D eigenvalue weighted by molar-refractivity contribution is 6.35. The second-order valence-electron chi connectivity index (χ2n) is 4.35. The smallest absolute Gasteiger partial charge is 0.0854 e. The molecule has 82 valence electrons. The summed E-state index contributed by atoms with van der Waals surface area (Å²) in [7, 11) is 1.71. The van der Waals surface area contributed by atoms with Gasteiger partial charge in [0, 0.05) is 22.4 Å². The Balaban J connectivity index is 2.24. The molecule has 0 aromatic heterocycles. The van der Waals surface area contributed by atoms with Crippen molar-refractivity contribution in [1.82, 2.24) is 0 Å². The van der Waals surface area contributed by atoms with Gasteiger partial charge in [-0.05, 0) is 17.7 Å². The Morgan fingerprint density at radius 2 is 2.13 bits per heavy atom. The minimum Gasteiger partial charge on any atom is -0.633 e. The number of likely N-dealkylation sites (N-methyl/N-ethyl adjacent to an activating group) is 1. The summed E-state index contributed by atoms with van der Waals surface area (Å²) in [5, 5.41) is 13.0. The first-order valence-electron chi connectivity index (χ1n) is 4.98. The van der Waals surface area contributed by atoms with Gasteiger partial charge in [-0.15, -0.1) is 0 Å². The van der Waals surface area contributed by atoms with Gasteiger partial charge in [-0.25, -0.2) is 0 Å². The van der Waals surface area contributed by atoms with Crippen LogP contribution in [0.4, 0.5) is 0 Å². The molecule has 0 amide bonds. The molecule has 0 spiro atoms. The first-order valence-corrected chi connectivity index (χ1v) is 5.74. The quantitative estimate of drug-likeness (QED) is 0.550. The Bertz CT molecular complexity index is 379. The van der Waals surface area contributed by atoms with Crippen LogP contribution in [0.25, 0.3) is 0 Å². The predicted octanol–water partition coefficient (Wildman–Crippen LogP) is 3.43. The van der Waals surface area contributed by atoms with Gasteiger partial charge in [0.1, 0.15) is 0 Å². The summed E-state index contributed by atoms with van der Waals surface area (Å²) in [6, 6.07) is 5.50. The van der Waals surface area contributed by atoms with Gasteiger partial charge in [0.15, 0.2) is 0 Å². The zero-order valence-electron chi connectivity index (χ0n) is 8.54. The fourth-order valence-corrected chi connectivity index (χ4v) is 2.73. The molecule has 0 saturated carbocycles. The standard InChI is InChI=1S/C11H13Cl2NO/c1-14(15)5-4-8(7-14)10-3-2-9(12)6-11(10)13/h2-3,6,8H,4-5,7H2,1H3. The molecule has 0 radical (unpaired) electrons. The van der Waals surface area contributed by atoms with Crippen molar-refractivity contribution >= 4 is 23.2 Å². The van der Waals surface area contributed by atoms with Crippen LogP contribution in [0.5, 0.6) is 0 Å². The summed E-state index contributed by atoms with van der Waals surface area (Å²) in [6.07, 6.45) is 0.904. The summed E-state index contributed by atoms with van der Waals surface area (Å²) < 4.78 is -0.163. The molecule has 2 rings (SSSR count). The monoisotopic (exact) mass is 245 g/mol. The highest BCUT2D eigenvalue weighted by atomic mass is 35.5. The number of hydrogen-bond acceptors (Lipinski definition) is 1. The van der Waals surface area contributed by atoms with Crippen LogP contribution in [0.2, 0.25) is 10.0 Å². The van der Waals surface area contributed by atoms with E-state index in [0.717, 1.165) is 12.0 Å². The number of rotatable bonds is 1. The number of hydroxylamine groups is 3.